The van der Waals surface area contributed by atoms with Crippen LogP contribution in [-0.4, -0.2) is 43.5 Å². The van der Waals surface area contributed by atoms with Gasteiger partial charge in [-0.3, -0.25) is 0 Å². The van der Waals surface area contributed by atoms with Crippen molar-refractivity contribution in [2.45, 2.75) is 17.9 Å². The molecule has 0 fully saturated rings. The molecule has 0 saturated carbocycles. The van der Waals surface area contributed by atoms with Crippen LogP contribution in [0.4, 0.5) is 0 Å². The summed E-state index contributed by atoms with van der Waals surface area (Å²) in [5, 5.41) is 0. The Hall–Kier alpha value is -2.97. The zero-order valence-electron chi connectivity index (χ0n) is 16.2. The van der Waals surface area contributed by atoms with Crippen LogP contribution >= 0.6 is 0 Å². The summed E-state index contributed by atoms with van der Waals surface area (Å²) in [4.78, 5) is 9.25. The molecule has 1 aliphatic heterocycles. The predicted octanol–water partition coefficient (Wildman–Crippen LogP) is 2.91. The monoisotopic (exact) mass is 411 g/mol. The summed E-state index contributed by atoms with van der Waals surface area (Å²) in [6.45, 7) is 0.593. The number of methoxy groups -OCH3 is 2. The van der Waals surface area contributed by atoms with Gasteiger partial charge in [-0.25, -0.2) is 18.4 Å². The molecule has 0 N–H and O–H groups in total. The van der Waals surface area contributed by atoms with Crippen molar-refractivity contribution in [3.8, 4) is 22.9 Å². The number of hydrogen-bond acceptors (Lipinski definition) is 6. The van der Waals surface area contributed by atoms with Gasteiger partial charge < -0.3 is 9.47 Å². The summed E-state index contributed by atoms with van der Waals surface area (Å²) in [6.07, 6.45) is 2.26. The number of fused-ring (bicyclic) bond motifs is 1. The molecule has 4 rings (SSSR count). The van der Waals surface area contributed by atoms with Gasteiger partial charge in [-0.05, 0) is 12.1 Å². The topological polar surface area (TPSA) is 81.6 Å². The van der Waals surface area contributed by atoms with Crippen LogP contribution in [0.25, 0.3) is 11.4 Å². The van der Waals surface area contributed by atoms with Crippen molar-refractivity contribution in [2.75, 3.05) is 20.8 Å². The van der Waals surface area contributed by atoms with Gasteiger partial charge in [0, 0.05) is 42.9 Å². The van der Waals surface area contributed by atoms with Gasteiger partial charge in [0.1, 0.15) is 0 Å². The molecule has 0 radical (unpaired) electrons. The summed E-state index contributed by atoms with van der Waals surface area (Å²) in [7, 11) is -0.692. The second-order valence-corrected chi connectivity index (χ2v) is 8.57. The molecule has 7 nitrogen and oxygen atoms in total. The second-order valence-electron chi connectivity index (χ2n) is 6.64. The Bertz CT molecular complexity index is 1130. The van der Waals surface area contributed by atoms with E-state index >= 15 is 0 Å². The molecule has 0 atom stereocenters. The number of nitrogens with zero attached hydrogens (tertiary/aromatic N) is 3. The first-order valence-electron chi connectivity index (χ1n) is 9.15. The molecule has 150 valence electrons. The van der Waals surface area contributed by atoms with Crippen molar-refractivity contribution in [1.82, 2.24) is 14.3 Å². The molecule has 29 heavy (non-hydrogen) atoms. The van der Waals surface area contributed by atoms with E-state index in [0.29, 0.717) is 30.3 Å². The lowest BCUT2D eigenvalue weighted by atomic mass is 10.1. The minimum Gasteiger partial charge on any atom is -0.493 e. The predicted molar refractivity (Wildman–Crippen MR) is 108 cm³/mol. The molecule has 0 spiro atoms. The highest BCUT2D eigenvalue weighted by Crippen LogP contribution is 2.32. The minimum absolute atomic E-state index is 0.167. The molecule has 0 saturated heterocycles. The lowest BCUT2D eigenvalue weighted by Crippen LogP contribution is -2.36. The number of rotatable bonds is 5. The highest BCUT2D eigenvalue weighted by molar-refractivity contribution is 7.89. The highest BCUT2D eigenvalue weighted by Gasteiger charge is 2.30. The van der Waals surface area contributed by atoms with Crippen molar-refractivity contribution in [1.29, 1.82) is 0 Å². The molecule has 1 aromatic heterocycles. The van der Waals surface area contributed by atoms with Gasteiger partial charge in [0.2, 0.25) is 10.0 Å². The van der Waals surface area contributed by atoms with Gasteiger partial charge in [-0.15, -0.1) is 0 Å². The minimum atomic E-state index is -3.68. The highest BCUT2D eigenvalue weighted by atomic mass is 32.2. The van der Waals surface area contributed by atoms with Gasteiger partial charge in [0.25, 0.3) is 0 Å². The van der Waals surface area contributed by atoms with Crippen LogP contribution in [0.5, 0.6) is 11.5 Å². The van der Waals surface area contributed by atoms with E-state index in [1.807, 2.05) is 30.3 Å². The Morgan fingerprint density at radius 1 is 1.00 bits per heavy atom. The zero-order valence-corrected chi connectivity index (χ0v) is 17.0. The normalized spacial score (nSPS) is 14.3. The Labute approximate surface area is 170 Å². The van der Waals surface area contributed by atoms with E-state index < -0.39 is 10.0 Å². The zero-order chi connectivity index (χ0) is 20.4. The molecule has 1 aliphatic rings. The summed E-state index contributed by atoms with van der Waals surface area (Å²) >= 11 is 0. The fourth-order valence-corrected chi connectivity index (χ4v) is 4.78. The summed E-state index contributed by atoms with van der Waals surface area (Å²) in [5.74, 6) is 1.51. The maximum Gasteiger partial charge on any atom is 0.243 e. The van der Waals surface area contributed by atoms with Gasteiger partial charge in [-0.2, -0.15) is 4.31 Å². The van der Waals surface area contributed by atoms with E-state index in [1.54, 1.807) is 12.3 Å². The van der Waals surface area contributed by atoms with Crippen molar-refractivity contribution in [3.05, 3.63) is 66.0 Å². The van der Waals surface area contributed by atoms with Gasteiger partial charge in [-0.1, -0.05) is 30.3 Å². The maximum absolute atomic E-state index is 13.1. The molecule has 3 aromatic rings. The number of hydrogen-bond donors (Lipinski definition) is 0. The number of sulfonamides is 1. The third-order valence-electron chi connectivity index (χ3n) is 4.92. The molecule has 0 bridgehead atoms. The lowest BCUT2D eigenvalue weighted by Gasteiger charge is -2.27. The number of benzene rings is 2. The van der Waals surface area contributed by atoms with E-state index in [4.69, 9.17) is 9.47 Å². The molecule has 8 heteroatoms. The summed E-state index contributed by atoms with van der Waals surface area (Å²) in [6, 6.07) is 14.3. The largest absolute Gasteiger partial charge is 0.493 e. The molecule has 0 aliphatic carbocycles. The van der Waals surface area contributed by atoms with E-state index in [1.165, 1.54) is 30.7 Å². The lowest BCUT2D eigenvalue weighted by molar-refractivity contribution is 0.353. The van der Waals surface area contributed by atoms with E-state index in [2.05, 4.69) is 9.97 Å². The van der Waals surface area contributed by atoms with Crippen molar-refractivity contribution in [2.24, 2.45) is 0 Å². The van der Waals surface area contributed by atoms with Crippen molar-refractivity contribution >= 4 is 10.0 Å². The van der Waals surface area contributed by atoms with Crippen molar-refractivity contribution < 1.29 is 17.9 Å². The Balaban J connectivity index is 1.61. The number of aromatic nitrogens is 2. The van der Waals surface area contributed by atoms with E-state index in [9.17, 15) is 8.42 Å². The summed E-state index contributed by atoms with van der Waals surface area (Å²) < 4.78 is 38.2. The fourth-order valence-electron chi connectivity index (χ4n) is 3.35. The first kappa shape index (κ1) is 19.4. The van der Waals surface area contributed by atoms with Crippen LogP contribution in [-0.2, 0) is 23.0 Å². The molecule has 0 amide bonds. The molecular formula is C21H21N3O4S. The Morgan fingerprint density at radius 2 is 1.76 bits per heavy atom. The van der Waals surface area contributed by atoms with Crippen LogP contribution in [0, 0.1) is 0 Å². The maximum atomic E-state index is 13.1. The molecule has 2 aromatic carbocycles. The SMILES string of the molecule is COc1ccc(S(=O)(=O)N2CCc3nc(-c4ccccc4)ncc3C2)cc1OC. The van der Waals surface area contributed by atoms with Crippen LogP contribution in [0.1, 0.15) is 11.3 Å². The molecule has 2 heterocycles. The first-order valence-corrected chi connectivity index (χ1v) is 10.6. The fraction of sp³-hybridized carbons (Fsp3) is 0.238. The third-order valence-corrected chi connectivity index (χ3v) is 6.76. The standard InChI is InChI=1S/C21H21N3O4S/c1-27-19-9-8-17(12-20(19)28-2)29(25,26)24-11-10-18-16(14-24)13-22-21(23-18)15-6-4-3-5-7-15/h3-9,12-13H,10-11,14H2,1-2H3. The Morgan fingerprint density at radius 3 is 2.48 bits per heavy atom. The van der Waals surface area contributed by atoms with Crippen LogP contribution in [0.3, 0.4) is 0 Å². The van der Waals surface area contributed by atoms with Gasteiger partial charge in [0.15, 0.2) is 17.3 Å². The third kappa shape index (κ3) is 3.68. The second kappa shape index (κ2) is 7.81. The van der Waals surface area contributed by atoms with E-state index in [0.717, 1.165) is 16.8 Å². The Kier molecular flexibility index (Phi) is 5.21. The average molecular weight is 411 g/mol. The van der Waals surface area contributed by atoms with Crippen LogP contribution in [0.2, 0.25) is 0 Å². The van der Waals surface area contributed by atoms with Gasteiger partial charge >= 0.3 is 0 Å². The van der Waals surface area contributed by atoms with Crippen molar-refractivity contribution in [3.63, 3.8) is 0 Å². The van der Waals surface area contributed by atoms with Crippen LogP contribution < -0.4 is 9.47 Å². The average Bonchev–Trinajstić information content (AvgIpc) is 2.78. The quantitative estimate of drug-likeness (QED) is 0.642. The summed E-state index contributed by atoms with van der Waals surface area (Å²) in [5.41, 5.74) is 2.65. The smallest absolute Gasteiger partial charge is 0.243 e. The first-order chi connectivity index (χ1) is 14.0. The van der Waals surface area contributed by atoms with Crippen LogP contribution in [0.15, 0.2) is 59.6 Å². The molecular weight excluding hydrogens is 390 g/mol. The number of ether oxygens (including phenoxy) is 2. The molecule has 0 unspecified atom stereocenters. The van der Waals surface area contributed by atoms with Gasteiger partial charge in [0.05, 0.1) is 24.8 Å². The van der Waals surface area contributed by atoms with E-state index in [-0.39, 0.29) is 11.4 Å².